The van der Waals surface area contributed by atoms with E-state index in [2.05, 4.69) is 15.8 Å². The molecule has 0 saturated heterocycles. The predicted molar refractivity (Wildman–Crippen MR) is 94.8 cm³/mol. The molecule has 0 unspecified atom stereocenters. The number of nitrogens with zero attached hydrogens (tertiary/aromatic N) is 1. The molecular weight excluding hydrogens is 310 g/mol. The molecule has 0 amide bonds. The fraction of sp³-hybridized carbons (Fsp3) is 0.118. The number of hydrogen-bond acceptors (Lipinski definition) is 4. The van der Waals surface area contributed by atoms with Gasteiger partial charge in [-0.3, -0.25) is 5.43 Å². The Hall–Kier alpha value is -2.73. The molecular formula is C17H17N3O2S. The first kappa shape index (κ1) is 16.6. The molecule has 23 heavy (non-hydrogen) atoms. The minimum absolute atomic E-state index is 0.385. The van der Waals surface area contributed by atoms with Gasteiger partial charge in [-0.15, -0.1) is 0 Å². The molecule has 0 bridgehead atoms. The van der Waals surface area contributed by atoms with Crippen LogP contribution in [0, 0.1) is 0 Å². The summed E-state index contributed by atoms with van der Waals surface area (Å²) in [5.74, 6) is 0.0943. The van der Waals surface area contributed by atoms with Gasteiger partial charge in [0.05, 0.1) is 11.8 Å². The third-order valence-electron chi connectivity index (χ3n) is 2.82. The molecule has 0 atom stereocenters. The summed E-state index contributed by atoms with van der Waals surface area (Å²) in [4.78, 5) is 11.9. The van der Waals surface area contributed by atoms with Crippen LogP contribution in [-0.2, 0) is 0 Å². The minimum atomic E-state index is -0.385. The van der Waals surface area contributed by atoms with Crippen LogP contribution in [0.15, 0.2) is 59.7 Å². The summed E-state index contributed by atoms with van der Waals surface area (Å²) in [6.45, 7) is 2.69. The van der Waals surface area contributed by atoms with Crippen molar-refractivity contribution in [2.24, 2.45) is 5.10 Å². The molecule has 0 aliphatic carbocycles. The van der Waals surface area contributed by atoms with Crippen LogP contribution in [0.5, 0.6) is 5.75 Å². The normalized spacial score (nSPS) is 10.3. The van der Waals surface area contributed by atoms with Crippen LogP contribution in [0.3, 0.4) is 0 Å². The maximum absolute atomic E-state index is 11.9. The van der Waals surface area contributed by atoms with Crippen LogP contribution in [0.25, 0.3) is 0 Å². The molecule has 2 aromatic rings. The van der Waals surface area contributed by atoms with Crippen molar-refractivity contribution in [3.63, 3.8) is 0 Å². The second-order valence-corrected chi connectivity index (χ2v) is 4.96. The number of rotatable bonds is 5. The summed E-state index contributed by atoms with van der Waals surface area (Å²) in [5, 5.41) is 7.41. The van der Waals surface area contributed by atoms with Gasteiger partial charge < -0.3 is 10.1 Å². The van der Waals surface area contributed by atoms with E-state index in [1.54, 1.807) is 54.7 Å². The fourth-order valence-electron chi connectivity index (χ4n) is 1.73. The number of thiocarbonyl (C=S) groups is 1. The molecule has 0 aliphatic heterocycles. The van der Waals surface area contributed by atoms with Crippen LogP contribution in [0.4, 0.5) is 0 Å². The van der Waals surface area contributed by atoms with E-state index in [1.165, 1.54) is 0 Å². The molecule has 0 fully saturated rings. The smallest absolute Gasteiger partial charge is 0.343 e. The number of ether oxygens (including phenoxy) is 1. The topological polar surface area (TPSA) is 62.7 Å². The molecule has 6 heteroatoms. The first-order valence-corrected chi connectivity index (χ1v) is 7.54. The van der Waals surface area contributed by atoms with Gasteiger partial charge in [-0.2, -0.15) is 5.10 Å². The Kier molecular flexibility index (Phi) is 6.26. The summed E-state index contributed by atoms with van der Waals surface area (Å²) in [6.07, 6.45) is 1.63. The van der Waals surface area contributed by atoms with Gasteiger partial charge in [0.25, 0.3) is 0 Å². The number of hydrogen-bond donors (Lipinski definition) is 2. The number of hydrazone groups is 1. The zero-order chi connectivity index (χ0) is 16.5. The summed E-state index contributed by atoms with van der Waals surface area (Å²) >= 11 is 4.99. The quantitative estimate of drug-likeness (QED) is 0.291. The van der Waals surface area contributed by atoms with Crippen molar-refractivity contribution in [2.75, 3.05) is 6.54 Å². The monoisotopic (exact) mass is 327 g/mol. The van der Waals surface area contributed by atoms with Crippen molar-refractivity contribution in [3.05, 3.63) is 65.7 Å². The molecule has 2 rings (SSSR count). The standard InChI is InChI=1S/C17H17N3O2S/c1-2-18-17(23)20-19-12-13-8-10-15(11-9-13)22-16(21)14-6-4-3-5-7-14/h3-12H,2H2,1H3,(H2,18,20,23)/b19-12-. The Morgan fingerprint density at radius 1 is 1.17 bits per heavy atom. The van der Waals surface area contributed by atoms with Gasteiger partial charge >= 0.3 is 5.97 Å². The maximum Gasteiger partial charge on any atom is 0.343 e. The van der Waals surface area contributed by atoms with E-state index in [9.17, 15) is 4.79 Å². The van der Waals surface area contributed by atoms with Crippen molar-refractivity contribution >= 4 is 29.5 Å². The molecule has 2 N–H and O–H groups in total. The Morgan fingerprint density at radius 2 is 1.87 bits per heavy atom. The van der Waals surface area contributed by atoms with Crippen LogP contribution in [-0.4, -0.2) is 23.8 Å². The lowest BCUT2D eigenvalue weighted by Gasteiger charge is -2.05. The first-order chi connectivity index (χ1) is 11.2. The predicted octanol–water partition coefficient (Wildman–Crippen LogP) is 2.72. The lowest BCUT2D eigenvalue weighted by atomic mass is 10.2. The molecule has 0 spiro atoms. The van der Waals surface area contributed by atoms with Crippen molar-refractivity contribution in [3.8, 4) is 5.75 Å². The fourth-order valence-corrected chi connectivity index (χ4v) is 1.92. The van der Waals surface area contributed by atoms with Crippen LogP contribution >= 0.6 is 12.2 Å². The Bertz CT molecular complexity index is 685. The van der Waals surface area contributed by atoms with Crippen molar-refractivity contribution in [1.29, 1.82) is 0 Å². The zero-order valence-corrected chi connectivity index (χ0v) is 13.5. The summed E-state index contributed by atoms with van der Waals surface area (Å²) in [6, 6.07) is 15.9. The molecule has 0 heterocycles. The van der Waals surface area contributed by atoms with Gasteiger partial charge in [0.1, 0.15) is 5.75 Å². The average Bonchev–Trinajstić information content (AvgIpc) is 2.57. The Balaban J connectivity index is 1.91. The highest BCUT2D eigenvalue weighted by Crippen LogP contribution is 2.13. The third-order valence-corrected chi connectivity index (χ3v) is 3.05. The van der Waals surface area contributed by atoms with Gasteiger partial charge in [0, 0.05) is 6.54 Å². The molecule has 0 saturated carbocycles. The second kappa shape index (κ2) is 8.65. The van der Waals surface area contributed by atoms with Crippen LogP contribution in [0.1, 0.15) is 22.8 Å². The van der Waals surface area contributed by atoms with Crippen molar-refractivity contribution < 1.29 is 9.53 Å². The van der Waals surface area contributed by atoms with E-state index >= 15 is 0 Å². The maximum atomic E-state index is 11.9. The van der Waals surface area contributed by atoms with E-state index in [0.29, 0.717) is 16.4 Å². The largest absolute Gasteiger partial charge is 0.423 e. The van der Waals surface area contributed by atoms with Gasteiger partial charge in [-0.05, 0) is 61.1 Å². The highest BCUT2D eigenvalue weighted by molar-refractivity contribution is 7.80. The van der Waals surface area contributed by atoms with Gasteiger partial charge in [-0.25, -0.2) is 4.79 Å². The average molecular weight is 327 g/mol. The van der Waals surface area contributed by atoms with E-state index in [4.69, 9.17) is 17.0 Å². The molecule has 0 radical (unpaired) electrons. The van der Waals surface area contributed by atoms with Crippen LogP contribution < -0.4 is 15.5 Å². The number of nitrogens with one attached hydrogen (secondary N) is 2. The van der Waals surface area contributed by atoms with Crippen molar-refractivity contribution in [1.82, 2.24) is 10.7 Å². The van der Waals surface area contributed by atoms with E-state index in [1.807, 2.05) is 13.0 Å². The van der Waals surface area contributed by atoms with Crippen molar-refractivity contribution in [2.45, 2.75) is 6.92 Å². The van der Waals surface area contributed by atoms with Gasteiger partial charge in [-0.1, -0.05) is 18.2 Å². The van der Waals surface area contributed by atoms with Gasteiger partial charge in [0.15, 0.2) is 5.11 Å². The third kappa shape index (κ3) is 5.52. The number of esters is 1. The van der Waals surface area contributed by atoms with E-state index in [0.717, 1.165) is 12.1 Å². The molecule has 0 aliphatic rings. The SMILES string of the molecule is CCNC(=S)N/N=C\c1ccc(OC(=O)c2ccccc2)cc1. The second-order valence-electron chi connectivity index (χ2n) is 4.55. The minimum Gasteiger partial charge on any atom is -0.423 e. The highest BCUT2D eigenvalue weighted by atomic mass is 32.1. The zero-order valence-electron chi connectivity index (χ0n) is 12.7. The molecule has 2 aromatic carbocycles. The summed E-state index contributed by atoms with van der Waals surface area (Å²) in [7, 11) is 0. The number of benzene rings is 2. The lowest BCUT2D eigenvalue weighted by molar-refractivity contribution is 0.0735. The summed E-state index contributed by atoms with van der Waals surface area (Å²) in [5.41, 5.74) is 4.08. The van der Waals surface area contributed by atoms with E-state index < -0.39 is 0 Å². The molecule has 5 nitrogen and oxygen atoms in total. The Labute approximate surface area is 140 Å². The molecule has 0 aromatic heterocycles. The first-order valence-electron chi connectivity index (χ1n) is 7.13. The van der Waals surface area contributed by atoms with E-state index in [-0.39, 0.29) is 5.97 Å². The molecule has 118 valence electrons. The van der Waals surface area contributed by atoms with Gasteiger partial charge in [0.2, 0.25) is 0 Å². The number of carbonyl (C=O) groups is 1. The lowest BCUT2D eigenvalue weighted by Crippen LogP contribution is -2.31. The summed E-state index contributed by atoms with van der Waals surface area (Å²) < 4.78 is 5.30. The Morgan fingerprint density at radius 3 is 2.52 bits per heavy atom. The highest BCUT2D eigenvalue weighted by Gasteiger charge is 2.07. The van der Waals surface area contributed by atoms with Crippen LogP contribution in [0.2, 0.25) is 0 Å². The number of carbonyl (C=O) groups excluding carboxylic acids is 1.